The third-order valence-corrected chi connectivity index (χ3v) is 4.31. The zero-order chi connectivity index (χ0) is 18.0. The molecule has 6 nitrogen and oxygen atoms in total. The summed E-state index contributed by atoms with van der Waals surface area (Å²) in [4.78, 5) is 4.57. The van der Waals surface area contributed by atoms with Crippen LogP contribution in [0, 0.1) is 6.92 Å². The van der Waals surface area contributed by atoms with Gasteiger partial charge in [0.1, 0.15) is 11.6 Å². The van der Waals surface area contributed by atoms with E-state index >= 15 is 0 Å². The van der Waals surface area contributed by atoms with E-state index in [-0.39, 0.29) is 0 Å². The first kappa shape index (κ1) is 17.0. The van der Waals surface area contributed by atoms with E-state index in [1.807, 2.05) is 37.5 Å². The second kappa shape index (κ2) is 6.93. The maximum atomic E-state index is 5.43. The molecule has 0 unspecified atom stereocenters. The fraction of sp³-hybridized carbons (Fsp3) is 0.316. The van der Waals surface area contributed by atoms with Crippen LogP contribution in [0.15, 0.2) is 30.6 Å². The van der Waals surface area contributed by atoms with Crippen molar-refractivity contribution in [1.29, 1.82) is 0 Å². The summed E-state index contributed by atoms with van der Waals surface area (Å²) in [6, 6.07) is 5.83. The van der Waals surface area contributed by atoms with Crippen LogP contribution in [0.4, 0.5) is 0 Å². The van der Waals surface area contributed by atoms with Crippen LogP contribution in [0.5, 0.6) is 23.0 Å². The third-order valence-electron chi connectivity index (χ3n) is 4.31. The SMILES string of the molecule is COc1cc(Cc2ncc3c(C)c(OC)ccn23)cc(OC)c1OC. The minimum Gasteiger partial charge on any atom is -0.496 e. The molecule has 1 aromatic carbocycles. The molecule has 0 fully saturated rings. The van der Waals surface area contributed by atoms with Crippen molar-refractivity contribution in [2.45, 2.75) is 13.3 Å². The third kappa shape index (κ3) is 2.95. The van der Waals surface area contributed by atoms with Crippen molar-refractivity contribution < 1.29 is 18.9 Å². The molecule has 25 heavy (non-hydrogen) atoms. The van der Waals surface area contributed by atoms with Gasteiger partial charge < -0.3 is 23.3 Å². The highest BCUT2D eigenvalue weighted by molar-refractivity contribution is 5.60. The Morgan fingerprint density at radius 3 is 2.12 bits per heavy atom. The number of ether oxygens (including phenoxy) is 4. The number of nitrogens with zero attached hydrogens (tertiary/aromatic N) is 2. The minimum atomic E-state index is 0.585. The Morgan fingerprint density at radius 2 is 1.56 bits per heavy atom. The molecule has 2 heterocycles. The number of pyridine rings is 1. The number of imidazole rings is 1. The molecule has 0 spiro atoms. The second-order valence-electron chi connectivity index (χ2n) is 5.65. The average Bonchev–Trinajstić information content (AvgIpc) is 3.04. The topological polar surface area (TPSA) is 54.2 Å². The molecule has 2 aromatic heterocycles. The zero-order valence-corrected chi connectivity index (χ0v) is 15.1. The summed E-state index contributed by atoms with van der Waals surface area (Å²) >= 11 is 0. The Balaban J connectivity index is 2.03. The summed E-state index contributed by atoms with van der Waals surface area (Å²) in [7, 11) is 6.49. The van der Waals surface area contributed by atoms with Crippen molar-refractivity contribution >= 4 is 5.52 Å². The number of aryl methyl sites for hydroxylation is 1. The number of fused-ring (bicyclic) bond motifs is 1. The largest absolute Gasteiger partial charge is 0.496 e. The quantitative estimate of drug-likeness (QED) is 0.688. The van der Waals surface area contributed by atoms with E-state index in [9.17, 15) is 0 Å². The Labute approximate surface area is 146 Å². The second-order valence-corrected chi connectivity index (χ2v) is 5.65. The lowest BCUT2D eigenvalue weighted by Gasteiger charge is -2.14. The lowest BCUT2D eigenvalue weighted by atomic mass is 10.1. The molecule has 0 aliphatic rings. The number of hydrogen-bond acceptors (Lipinski definition) is 5. The molecule has 0 saturated carbocycles. The van der Waals surface area contributed by atoms with E-state index in [4.69, 9.17) is 18.9 Å². The van der Waals surface area contributed by atoms with Gasteiger partial charge in [0.15, 0.2) is 11.5 Å². The molecule has 0 aliphatic carbocycles. The van der Waals surface area contributed by atoms with Crippen molar-refractivity contribution in [2.24, 2.45) is 0 Å². The van der Waals surface area contributed by atoms with E-state index < -0.39 is 0 Å². The van der Waals surface area contributed by atoms with Gasteiger partial charge in [0.25, 0.3) is 0 Å². The Bertz CT molecular complexity index is 877. The van der Waals surface area contributed by atoms with Crippen LogP contribution in [-0.4, -0.2) is 37.8 Å². The van der Waals surface area contributed by atoms with Crippen molar-refractivity contribution in [3.05, 3.63) is 47.5 Å². The van der Waals surface area contributed by atoms with Crippen LogP contribution in [0.1, 0.15) is 17.0 Å². The molecule has 0 radical (unpaired) electrons. The zero-order valence-electron chi connectivity index (χ0n) is 15.1. The Morgan fingerprint density at radius 1 is 0.920 bits per heavy atom. The number of hydrogen-bond donors (Lipinski definition) is 0. The van der Waals surface area contributed by atoms with Crippen molar-refractivity contribution in [3.8, 4) is 23.0 Å². The van der Waals surface area contributed by atoms with Crippen LogP contribution < -0.4 is 18.9 Å². The maximum absolute atomic E-state index is 5.43. The molecule has 0 saturated heterocycles. The summed E-state index contributed by atoms with van der Waals surface area (Å²) < 4.78 is 23.7. The number of rotatable bonds is 6. The van der Waals surface area contributed by atoms with E-state index in [0.29, 0.717) is 23.7 Å². The first-order valence-electron chi connectivity index (χ1n) is 7.91. The van der Waals surface area contributed by atoms with Gasteiger partial charge in [-0.3, -0.25) is 0 Å². The lowest BCUT2D eigenvalue weighted by molar-refractivity contribution is 0.324. The molecule has 132 valence electrons. The minimum absolute atomic E-state index is 0.585. The van der Waals surface area contributed by atoms with Gasteiger partial charge in [-0.1, -0.05) is 0 Å². The van der Waals surface area contributed by atoms with Gasteiger partial charge in [-0.2, -0.15) is 0 Å². The molecular formula is C19H22N2O4. The molecule has 0 bridgehead atoms. The predicted octanol–water partition coefficient (Wildman–Crippen LogP) is 3.27. The standard InChI is InChI=1S/C19H22N2O4/c1-12-14-11-20-18(21(14)7-6-15(12)22-2)10-13-8-16(23-3)19(25-5)17(9-13)24-4/h6-9,11H,10H2,1-5H3. The van der Waals surface area contributed by atoms with Crippen LogP contribution >= 0.6 is 0 Å². The van der Waals surface area contributed by atoms with Crippen molar-refractivity contribution in [2.75, 3.05) is 28.4 Å². The number of aromatic nitrogens is 2. The number of benzene rings is 1. The average molecular weight is 342 g/mol. The number of methoxy groups -OCH3 is 4. The first-order valence-corrected chi connectivity index (χ1v) is 7.91. The molecule has 0 atom stereocenters. The van der Waals surface area contributed by atoms with Gasteiger partial charge in [-0.15, -0.1) is 0 Å². The van der Waals surface area contributed by atoms with Gasteiger partial charge in [0, 0.05) is 18.2 Å². The fourth-order valence-electron chi connectivity index (χ4n) is 3.01. The van der Waals surface area contributed by atoms with E-state index in [1.165, 1.54) is 0 Å². The molecule has 0 N–H and O–H groups in total. The van der Waals surface area contributed by atoms with Gasteiger partial charge in [-0.25, -0.2) is 4.98 Å². The summed E-state index contributed by atoms with van der Waals surface area (Å²) in [6.45, 7) is 2.03. The van der Waals surface area contributed by atoms with E-state index in [0.717, 1.165) is 28.2 Å². The summed E-state index contributed by atoms with van der Waals surface area (Å²) in [6.07, 6.45) is 4.48. The lowest BCUT2D eigenvalue weighted by Crippen LogP contribution is -2.01. The molecule has 3 rings (SSSR count). The van der Waals surface area contributed by atoms with Gasteiger partial charge >= 0.3 is 0 Å². The normalized spacial score (nSPS) is 10.8. The monoisotopic (exact) mass is 342 g/mol. The van der Waals surface area contributed by atoms with Crippen molar-refractivity contribution in [3.63, 3.8) is 0 Å². The van der Waals surface area contributed by atoms with E-state index in [1.54, 1.807) is 28.4 Å². The van der Waals surface area contributed by atoms with Crippen LogP contribution in [-0.2, 0) is 6.42 Å². The van der Waals surface area contributed by atoms with Crippen LogP contribution in [0.3, 0.4) is 0 Å². The summed E-state index contributed by atoms with van der Waals surface area (Å²) in [5.41, 5.74) is 3.12. The van der Waals surface area contributed by atoms with E-state index in [2.05, 4.69) is 9.38 Å². The molecular weight excluding hydrogens is 320 g/mol. The molecule has 0 amide bonds. The molecule has 0 aliphatic heterocycles. The molecule has 6 heteroatoms. The maximum Gasteiger partial charge on any atom is 0.203 e. The Kier molecular flexibility index (Phi) is 4.70. The fourth-order valence-corrected chi connectivity index (χ4v) is 3.01. The highest BCUT2D eigenvalue weighted by Gasteiger charge is 2.15. The van der Waals surface area contributed by atoms with Gasteiger partial charge in [0.2, 0.25) is 5.75 Å². The Hall–Kier alpha value is -2.89. The van der Waals surface area contributed by atoms with Crippen LogP contribution in [0.2, 0.25) is 0 Å². The smallest absolute Gasteiger partial charge is 0.203 e. The summed E-state index contributed by atoms with van der Waals surface area (Å²) in [5.74, 6) is 3.63. The van der Waals surface area contributed by atoms with Crippen molar-refractivity contribution in [1.82, 2.24) is 9.38 Å². The van der Waals surface area contributed by atoms with Gasteiger partial charge in [0.05, 0.1) is 40.2 Å². The van der Waals surface area contributed by atoms with Gasteiger partial charge in [-0.05, 0) is 30.7 Å². The first-order chi connectivity index (χ1) is 12.1. The molecule has 3 aromatic rings. The highest BCUT2D eigenvalue weighted by atomic mass is 16.5. The predicted molar refractivity (Wildman–Crippen MR) is 95.4 cm³/mol. The van der Waals surface area contributed by atoms with Crippen LogP contribution in [0.25, 0.3) is 5.52 Å². The highest BCUT2D eigenvalue weighted by Crippen LogP contribution is 2.38. The summed E-state index contributed by atoms with van der Waals surface area (Å²) in [5, 5.41) is 0.